The van der Waals surface area contributed by atoms with Gasteiger partial charge in [-0.1, -0.05) is 84.9 Å². The summed E-state index contributed by atoms with van der Waals surface area (Å²) in [6.07, 6.45) is 4.12. The summed E-state index contributed by atoms with van der Waals surface area (Å²) in [5.74, 6) is -0.195. The first-order valence-corrected chi connectivity index (χ1v) is 10.9. The fraction of sp³-hybridized carbons (Fsp3) is 0. The normalized spacial score (nSPS) is 11.6. The van der Waals surface area contributed by atoms with E-state index >= 15 is 4.39 Å². The SMILES string of the molecule is N#Cc1ccc(/C=C/c2ccc3ccc4ccc5ccc6cccc(F)c6c5c4c3c2)cc1. The highest BCUT2D eigenvalue weighted by Crippen LogP contribution is 2.37. The molecular weight excluding hydrogens is 405 g/mol. The highest BCUT2D eigenvalue weighted by Gasteiger charge is 2.11. The summed E-state index contributed by atoms with van der Waals surface area (Å²) < 4.78 is 15.1. The Hall–Kier alpha value is -4.48. The van der Waals surface area contributed by atoms with Gasteiger partial charge in [0, 0.05) is 10.8 Å². The molecule has 6 aromatic rings. The van der Waals surface area contributed by atoms with E-state index in [1.165, 1.54) is 6.07 Å². The van der Waals surface area contributed by atoms with Crippen molar-refractivity contribution in [1.82, 2.24) is 0 Å². The Balaban J connectivity index is 1.62. The quantitative estimate of drug-likeness (QED) is 0.202. The molecule has 0 atom stereocenters. The van der Waals surface area contributed by atoms with Gasteiger partial charge in [-0.15, -0.1) is 0 Å². The van der Waals surface area contributed by atoms with Crippen LogP contribution in [0.5, 0.6) is 0 Å². The first kappa shape index (κ1) is 19.2. The van der Waals surface area contributed by atoms with Crippen molar-refractivity contribution >= 4 is 55.2 Å². The molecule has 0 aromatic heterocycles. The molecule has 0 bridgehead atoms. The van der Waals surface area contributed by atoms with Crippen molar-refractivity contribution in [3.63, 3.8) is 0 Å². The van der Waals surface area contributed by atoms with E-state index in [9.17, 15) is 0 Å². The van der Waals surface area contributed by atoms with Gasteiger partial charge in [0.2, 0.25) is 0 Å². The zero-order chi connectivity index (χ0) is 22.4. The average molecular weight is 423 g/mol. The first-order chi connectivity index (χ1) is 16.2. The van der Waals surface area contributed by atoms with Gasteiger partial charge in [0.1, 0.15) is 5.82 Å². The summed E-state index contributed by atoms with van der Waals surface area (Å²) in [6.45, 7) is 0. The third kappa shape index (κ3) is 3.23. The fourth-order valence-electron chi connectivity index (χ4n) is 4.68. The minimum absolute atomic E-state index is 0.195. The Labute approximate surface area is 190 Å². The molecule has 0 aliphatic heterocycles. The highest BCUT2D eigenvalue weighted by atomic mass is 19.1. The maximum atomic E-state index is 15.1. The fourth-order valence-corrected chi connectivity index (χ4v) is 4.68. The van der Waals surface area contributed by atoms with Gasteiger partial charge < -0.3 is 0 Å². The Morgan fingerprint density at radius 1 is 0.576 bits per heavy atom. The van der Waals surface area contributed by atoms with E-state index < -0.39 is 0 Å². The van der Waals surface area contributed by atoms with Crippen LogP contribution >= 0.6 is 0 Å². The van der Waals surface area contributed by atoms with E-state index in [-0.39, 0.29) is 5.82 Å². The zero-order valence-electron chi connectivity index (χ0n) is 17.7. The Morgan fingerprint density at radius 2 is 1.15 bits per heavy atom. The van der Waals surface area contributed by atoms with Crippen molar-refractivity contribution in [2.75, 3.05) is 0 Å². The smallest absolute Gasteiger partial charge is 0.131 e. The first-order valence-electron chi connectivity index (χ1n) is 10.9. The molecule has 6 aromatic carbocycles. The Morgan fingerprint density at radius 3 is 1.88 bits per heavy atom. The van der Waals surface area contributed by atoms with Crippen LogP contribution in [-0.2, 0) is 0 Å². The number of nitrogens with zero attached hydrogens (tertiary/aromatic N) is 1. The lowest BCUT2D eigenvalue weighted by atomic mass is 9.92. The van der Waals surface area contributed by atoms with Crippen LogP contribution < -0.4 is 0 Å². The van der Waals surface area contributed by atoms with Crippen molar-refractivity contribution in [2.24, 2.45) is 0 Å². The number of hydrogen-bond donors (Lipinski definition) is 0. The lowest BCUT2D eigenvalue weighted by Gasteiger charge is -2.12. The molecule has 33 heavy (non-hydrogen) atoms. The molecular formula is C31H18FN. The number of benzene rings is 6. The Kier molecular flexibility index (Phi) is 4.42. The molecule has 1 nitrogen and oxygen atoms in total. The minimum Gasteiger partial charge on any atom is -0.206 e. The summed E-state index contributed by atoms with van der Waals surface area (Å²) in [7, 11) is 0. The van der Waals surface area contributed by atoms with Gasteiger partial charge in [-0.25, -0.2) is 4.39 Å². The van der Waals surface area contributed by atoms with Crippen LogP contribution in [0.1, 0.15) is 16.7 Å². The van der Waals surface area contributed by atoms with E-state index in [4.69, 9.17) is 5.26 Å². The van der Waals surface area contributed by atoms with Crippen molar-refractivity contribution in [3.05, 3.63) is 120 Å². The minimum atomic E-state index is -0.195. The maximum Gasteiger partial charge on any atom is 0.131 e. The van der Waals surface area contributed by atoms with Gasteiger partial charge in [-0.2, -0.15) is 5.26 Å². The lowest BCUT2D eigenvalue weighted by Crippen LogP contribution is -1.87. The van der Waals surface area contributed by atoms with Gasteiger partial charge in [0.25, 0.3) is 0 Å². The molecule has 0 amide bonds. The molecule has 0 spiro atoms. The predicted molar refractivity (Wildman–Crippen MR) is 137 cm³/mol. The molecule has 0 heterocycles. The maximum absolute atomic E-state index is 15.1. The second-order valence-electron chi connectivity index (χ2n) is 8.28. The number of fused-ring (bicyclic) bond motifs is 7. The largest absolute Gasteiger partial charge is 0.206 e. The lowest BCUT2D eigenvalue weighted by molar-refractivity contribution is 0.640. The zero-order valence-corrected chi connectivity index (χ0v) is 17.7. The molecule has 0 radical (unpaired) electrons. The monoisotopic (exact) mass is 423 g/mol. The van der Waals surface area contributed by atoms with Crippen molar-refractivity contribution in [1.29, 1.82) is 5.26 Å². The van der Waals surface area contributed by atoms with E-state index in [2.05, 4.69) is 60.7 Å². The van der Waals surface area contributed by atoms with E-state index in [0.29, 0.717) is 10.9 Å². The number of hydrogen-bond acceptors (Lipinski definition) is 1. The molecule has 0 N–H and O–H groups in total. The van der Waals surface area contributed by atoms with Crippen molar-refractivity contribution < 1.29 is 4.39 Å². The standard InChI is InChI=1S/C31H18FN/c32-28-3-1-2-24-14-16-26-17-15-25-13-12-23-11-10-21(18-27(23)29(25)31(26)30(24)28)7-4-20-5-8-22(19-33)9-6-20/h1-18H/b7-4+. The van der Waals surface area contributed by atoms with E-state index in [1.54, 1.807) is 6.07 Å². The average Bonchev–Trinajstić information content (AvgIpc) is 2.87. The molecule has 6 rings (SSSR count). The predicted octanol–water partition coefficient (Wildman–Crippen LogP) is 8.48. The van der Waals surface area contributed by atoms with Crippen molar-refractivity contribution in [2.45, 2.75) is 0 Å². The van der Waals surface area contributed by atoms with Crippen LogP contribution in [0.3, 0.4) is 0 Å². The molecule has 0 saturated heterocycles. The molecule has 2 heteroatoms. The summed E-state index contributed by atoms with van der Waals surface area (Å²) in [5, 5.41) is 17.0. The summed E-state index contributed by atoms with van der Waals surface area (Å²) >= 11 is 0. The third-order valence-electron chi connectivity index (χ3n) is 6.31. The third-order valence-corrected chi connectivity index (χ3v) is 6.31. The molecule has 0 aliphatic carbocycles. The summed E-state index contributed by atoms with van der Waals surface area (Å²) in [5.41, 5.74) is 2.75. The highest BCUT2D eigenvalue weighted by molar-refractivity contribution is 6.27. The van der Waals surface area contributed by atoms with Crippen LogP contribution in [0.25, 0.3) is 55.2 Å². The second kappa shape index (κ2) is 7.58. The summed E-state index contributed by atoms with van der Waals surface area (Å²) in [4.78, 5) is 0. The van der Waals surface area contributed by atoms with Crippen LogP contribution in [0.15, 0.2) is 97.1 Å². The molecule has 0 unspecified atom stereocenters. The van der Waals surface area contributed by atoms with Gasteiger partial charge in [0.15, 0.2) is 0 Å². The van der Waals surface area contributed by atoms with Gasteiger partial charge in [-0.3, -0.25) is 0 Å². The van der Waals surface area contributed by atoms with E-state index in [1.807, 2.05) is 42.5 Å². The van der Waals surface area contributed by atoms with Crippen LogP contribution in [0.4, 0.5) is 4.39 Å². The van der Waals surface area contributed by atoms with Crippen LogP contribution in [0, 0.1) is 17.1 Å². The number of halogens is 1. The summed E-state index contributed by atoms with van der Waals surface area (Å²) in [6, 6.07) is 33.8. The topological polar surface area (TPSA) is 23.8 Å². The van der Waals surface area contributed by atoms with Crippen molar-refractivity contribution in [3.8, 4) is 6.07 Å². The molecule has 0 fully saturated rings. The number of rotatable bonds is 2. The van der Waals surface area contributed by atoms with Crippen LogP contribution in [0.2, 0.25) is 0 Å². The molecule has 154 valence electrons. The number of nitriles is 1. The Bertz CT molecular complexity index is 1760. The van der Waals surface area contributed by atoms with Gasteiger partial charge >= 0.3 is 0 Å². The van der Waals surface area contributed by atoms with Gasteiger partial charge in [-0.05, 0) is 67.7 Å². The molecule has 0 saturated carbocycles. The van der Waals surface area contributed by atoms with E-state index in [0.717, 1.165) is 48.8 Å². The van der Waals surface area contributed by atoms with Crippen LogP contribution in [-0.4, -0.2) is 0 Å². The second-order valence-corrected chi connectivity index (χ2v) is 8.28. The van der Waals surface area contributed by atoms with Gasteiger partial charge in [0.05, 0.1) is 11.6 Å². The molecule has 0 aliphatic rings.